The quantitative estimate of drug-likeness (QED) is 0.920. The number of nitrogens with zero attached hydrogens (tertiary/aromatic N) is 1. The van der Waals surface area contributed by atoms with Crippen LogP contribution in [0.1, 0.15) is 34.9 Å². The normalized spacial score (nSPS) is 10.6. The lowest BCUT2D eigenvalue weighted by atomic mass is 10.2. The highest BCUT2D eigenvalue weighted by atomic mass is 32.1. The first-order valence-corrected chi connectivity index (χ1v) is 7.37. The second-order valence-corrected chi connectivity index (χ2v) is 5.86. The Kier molecular flexibility index (Phi) is 4.74. The monoisotopic (exact) mass is 290 g/mol. The van der Waals surface area contributed by atoms with Crippen molar-refractivity contribution in [2.75, 3.05) is 0 Å². The van der Waals surface area contributed by atoms with E-state index in [0.29, 0.717) is 17.9 Å². The number of carbonyl (C=O) groups is 1. The molecule has 1 heterocycles. The first kappa shape index (κ1) is 14.5. The van der Waals surface area contributed by atoms with E-state index in [-0.39, 0.29) is 11.9 Å². The fraction of sp³-hybridized carbons (Fsp3) is 0.333. The van der Waals surface area contributed by atoms with Crippen LogP contribution < -0.4 is 10.1 Å². The molecule has 1 aromatic heterocycles. The van der Waals surface area contributed by atoms with Crippen LogP contribution in [-0.4, -0.2) is 16.9 Å². The number of hydrogen-bond donors (Lipinski definition) is 1. The first-order chi connectivity index (χ1) is 9.54. The molecule has 0 fully saturated rings. The summed E-state index contributed by atoms with van der Waals surface area (Å²) in [7, 11) is 0. The molecule has 0 unspecified atom stereocenters. The lowest BCUT2D eigenvalue weighted by Gasteiger charge is -2.10. The number of carbonyl (C=O) groups excluding carboxylic acids is 1. The van der Waals surface area contributed by atoms with E-state index >= 15 is 0 Å². The van der Waals surface area contributed by atoms with E-state index in [4.69, 9.17) is 4.74 Å². The molecule has 4 nitrogen and oxygen atoms in total. The van der Waals surface area contributed by atoms with Gasteiger partial charge in [-0.3, -0.25) is 4.79 Å². The molecule has 0 bridgehead atoms. The highest BCUT2D eigenvalue weighted by Gasteiger charge is 2.08. The zero-order chi connectivity index (χ0) is 14.5. The molecule has 0 saturated carbocycles. The number of ether oxygens (including phenoxy) is 1. The van der Waals surface area contributed by atoms with Crippen molar-refractivity contribution < 1.29 is 9.53 Å². The molecule has 20 heavy (non-hydrogen) atoms. The fourth-order valence-electron chi connectivity index (χ4n) is 1.70. The van der Waals surface area contributed by atoms with Crippen LogP contribution in [0.25, 0.3) is 0 Å². The number of amides is 1. The van der Waals surface area contributed by atoms with Crippen molar-refractivity contribution in [1.29, 1.82) is 0 Å². The summed E-state index contributed by atoms with van der Waals surface area (Å²) in [4.78, 5) is 16.2. The van der Waals surface area contributed by atoms with Crippen LogP contribution in [0, 0.1) is 6.92 Å². The van der Waals surface area contributed by atoms with Gasteiger partial charge in [0.25, 0.3) is 5.91 Å². The van der Waals surface area contributed by atoms with Crippen LogP contribution in [-0.2, 0) is 6.61 Å². The Morgan fingerprint density at radius 1 is 1.45 bits per heavy atom. The summed E-state index contributed by atoms with van der Waals surface area (Å²) in [6.07, 6.45) is 0. The summed E-state index contributed by atoms with van der Waals surface area (Å²) < 4.78 is 5.67. The van der Waals surface area contributed by atoms with Crippen LogP contribution in [0.2, 0.25) is 0 Å². The maximum atomic E-state index is 11.9. The van der Waals surface area contributed by atoms with Crippen molar-refractivity contribution in [3.63, 3.8) is 0 Å². The van der Waals surface area contributed by atoms with Gasteiger partial charge in [-0.2, -0.15) is 0 Å². The second kappa shape index (κ2) is 6.52. The highest BCUT2D eigenvalue weighted by Crippen LogP contribution is 2.16. The van der Waals surface area contributed by atoms with E-state index in [0.717, 1.165) is 10.7 Å². The molecule has 0 saturated heterocycles. The minimum atomic E-state index is -0.0880. The van der Waals surface area contributed by atoms with E-state index < -0.39 is 0 Å². The fourth-order valence-corrected chi connectivity index (χ4v) is 2.30. The van der Waals surface area contributed by atoms with Gasteiger partial charge in [-0.1, -0.05) is 6.07 Å². The van der Waals surface area contributed by atoms with Gasteiger partial charge in [-0.05, 0) is 39.0 Å². The van der Waals surface area contributed by atoms with E-state index in [2.05, 4.69) is 10.3 Å². The van der Waals surface area contributed by atoms with Crippen LogP contribution in [0.5, 0.6) is 5.75 Å². The minimum Gasteiger partial charge on any atom is -0.487 e. The number of thiazole rings is 1. The van der Waals surface area contributed by atoms with E-state index in [1.54, 1.807) is 23.5 Å². The molecule has 1 aromatic carbocycles. The van der Waals surface area contributed by atoms with Crippen molar-refractivity contribution in [1.82, 2.24) is 10.3 Å². The molecule has 0 aliphatic heterocycles. The van der Waals surface area contributed by atoms with Gasteiger partial charge in [-0.25, -0.2) is 4.98 Å². The molecule has 0 atom stereocenters. The molecular weight excluding hydrogens is 272 g/mol. The Bertz CT molecular complexity index is 593. The SMILES string of the molecule is Cc1nc(COc2cccc(C(=O)NC(C)C)c2)cs1. The molecule has 1 amide bonds. The van der Waals surface area contributed by atoms with Gasteiger partial charge < -0.3 is 10.1 Å². The third kappa shape index (κ3) is 4.06. The van der Waals surface area contributed by atoms with Gasteiger partial charge in [0.2, 0.25) is 0 Å². The summed E-state index contributed by atoms with van der Waals surface area (Å²) in [5, 5.41) is 5.86. The van der Waals surface area contributed by atoms with Crippen LogP contribution in [0.15, 0.2) is 29.6 Å². The predicted octanol–water partition coefficient (Wildman–Crippen LogP) is 3.17. The Balaban J connectivity index is 2.00. The molecule has 2 aromatic rings. The molecule has 106 valence electrons. The summed E-state index contributed by atoms with van der Waals surface area (Å²) in [6, 6.07) is 7.29. The van der Waals surface area contributed by atoms with E-state index in [1.165, 1.54) is 0 Å². The maximum absolute atomic E-state index is 11.9. The second-order valence-electron chi connectivity index (χ2n) is 4.80. The number of benzene rings is 1. The van der Waals surface area contributed by atoms with Crippen LogP contribution in [0.4, 0.5) is 0 Å². The number of hydrogen-bond acceptors (Lipinski definition) is 4. The van der Waals surface area contributed by atoms with E-state index in [1.807, 2.05) is 38.3 Å². The van der Waals surface area contributed by atoms with Gasteiger partial charge in [0, 0.05) is 17.0 Å². The summed E-state index contributed by atoms with van der Waals surface area (Å²) >= 11 is 1.60. The summed E-state index contributed by atoms with van der Waals surface area (Å²) in [5.41, 5.74) is 1.51. The Hall–Kier alpha value is -1.88. The minimum absolute atomic E-state index is 0.0880. The molecule has 2 rings (SSSR count). The topological polar surface area (TPSA) is 51.2 Å². The smallest absolute Gasteiger partial charge is 0.251 e. The zero-order valence-corrected chi connectivity index (χ0v) is 12.7. The zero-order valence-electron chi connectivity index (χ0n) is 11.8. The number of aryl methyl sites for hydroxylation is 1. The molecule has 0 aliphatic rings. The highest BCUT2D eigenvalue weighted by molar-refractivity contribution is 7.09. The maximum Gasteiger partial charge on any atom is 0.251 e. The van der Waals surface area contributed by atoms with Gasteiger partial charge in [-0.15, -0.1) is 11.3 Å². The third-order valence-electron chi connectivity index (χ3n) is 2.57. The standard InChI is InChI=1S/C15H18N2O2S/c1-10(2)16-15(18)12-5-4-6-14(7-12)19-8-13-9-20-11(3)17-13/h4-7,9-10H,8H2,1-3H3,(H,16,18). The van der Waals surface area contributed by atoms with Gasteiger partial charge in [0.1, 0.15) is 12.4 Å². The molecule has 0 aliphatic carbocycles. The van der Waals surface area contributed by atoms with Gasteiger partial charge >= 0.3 is 0 Å². The average Bonchev–Trinajstić information content (AvgIpc) is 2.82. The predicted molar refractivity (Wildman–Crippen MR) is 80.2 cm³/mol. The average molecular weight is 290 g/mol. The number of rotatable bonds is 5. The van der Waals surface area contributed by atoms with Crippen molar-refractivity contribution in [3.8, 4) is 5.75 Å². The number of aromatic nitrogens is 1. The Morgan fingerprint density at radius 3 is 2.90 bits per heavy atom. The summed E-state index contributed by atoms with van der Waals surface area (Å²) in [5.74, 6) is 0.585. The van der Waals surface area contributed by atoms with Gasteiger partial charge in [0.15, 0.2) is 0 Å². The largest absolute Gasteiger partial charge is 0.487 e. The lowest BCUT2D eigenvalue weighted by Crippen LogP contribution is -2.30. The third-order valence-corrected chi connectivity index (χ3v) is 3.39. The van der Waals surface area contributed by atoms with Crippen molar-refractivity contribution in [2.45, 2.75) is 33.4 Å². The van der Waals surface area contributed by atoms with Crippen LogP contribution in [0.3, 0.4) is 0 Å². The molecule has 1 N–H and O–H groups in total. The van der Waals surface area contributed by atoms with Crippen molar-refractivity contribution >= 4 is 17.2 Å². The molecular formula is C15H18N2O2S. The first-order valence-electron chi connectivity index (χ1n) is 6.49. The summed E-state index contributed by atoms with van der Waals surface area (Å²) in [6.45, 7) is 6.25. The Morgan fingerprint density at radius 2 is 2.25 bits per heavy atom. The Labute approximate surface area is 122 Å². The molecule has 5 heteroatoms. The van der Waals surface area contributed by atoms with E-state index in [9.17, 15) is 4.79 Å². The molecule has 0 spiro atoms. The molecule has 0 radical (unpaired) electrons. The van der Waals surface area contributed by atoms with Crippen LogP contribution >= 0.6 is 11.3 Å². The lowest BCUT2D eigenvalue weighted by molar-refractivity contribution is 0.0942. The van der Waals surface area contributed by atoms with Crippen molar-refractivity contribution in [2.24, 2.45) is 0 Å². The van der Waals surface area contributed by atoms with Gasteiger partial charge in [0.05, 0.1) is 10.7 Å². The van der Waals surface area contributed by atoms with Crippen molar-refractivity contribution in [3.05, 3.63) is 45.9 Å². The number of nitrogens with one attached hydrogen (secondary N) is 1.